The summed E-state index contributed by atoms with van der Waals surface area (Å²) in [6.45, 7) is 2.64. The monoisotopic (exact) mass is 242 g/mol. The van der Waals surface area contributed by atoms with Crippen LogP contribution in [-0.2, 0) is 0 Å². The molecule has 4 nitrogen and oxygen atoms in total. The maximum Gasteiger partial charge on any atom is 0.315 e. The number of hydrogen-bond acceptors (Lipinski definition) is 3. The zero-order chi connectivity index (χ0) is 11.8. The minimum absolute atomic E-state index is 0.0284. The van der Waals surface area contributed by atoms with E-state index in [1.807, 2.05) is 13.0 Å². The summed E-state index contributed by atoms with van der Waals surface area (Å²) in [6.07, 6.45) is 6.29. The molecule has 1 heterocycles. The highest BCUT2D eigenvalue weighted by molar-refractivity contribution is 7.98. The fraction of sp³-hybridized carbons (Fsp3) is 0.545. The molecule has 2 N–H and O–H groups in total. The van der Waals surface area contributed by atoms with Gasteiger partial charge in [0, 0.05) is 12.1 Å². The Balaban J connectivity index is 2.19. The van der Waals surface area contributed by atoms with Crippen LogP contribution in [0.1, 0.15) is 24.9 Å². The Morgan fingerprint density at radius 2 is 2.44 bits per heavy atom. The summed E-state index contributed by atoms with van der Waals surface area (Å²) < 4.78 is 4.96. The molecule has 90 valence electrons. The largest absolute Gasteiger partial charge is 0.472 e. The van der Waals surface area contributed by atoms with E-state index in [4.69, 9.17) is 4.42 Å². The van der Waals surface area contributed by atoms with E-state index in [-0.39, 0.29) is 12.1 Å². The van der Waals surface area contributed by atoms with Gasteiger partial charge in [-0.15, -0.1) is 0 Å². The third-order valence-corrected chi connectivity index (χ3v) is 2.90. The van der Waals surface area contributed by atoms with Crippen LogP contribution in [0.25, 0.3) is 0 Å². The molecule has 0 aliphatic heterocycles. The molecule has 16 heavy (non-hydrogen) atoms. The third-order valence-electron chi connectivity index (χ3n) is 2.20. The summed E-state index contributed by atoms with van der Waals surface area (Å²) in [5.41, 5.74) is 0.972. The summed E-state index contributed by atoms with van der Waals surface area (Å²) in [4.78, 5) is 11.5. The Kier molecular flexibility index (Phi) is 5.85. The fourth-order valence-electron chi connectivity index (χ4n) is 1.27. The molecule has 0 spiro atoms. The molecule has 5 heteroatoms. The summed E-state index contributed by atoms with van der Waals surface area (Å²) >= 11 is 1.78. The number of furan rings is 1. The fourth-order valence-corrected chi connectivity index (χ4v) is 1.70. The molecule has 1 rings (SSSR count). The normalized spacial score (nSPS) is 12.1. The molecule has 2 amide bonds. The highest BCUT2D eigenvalue weighted by atomic mass is 32.2. The lowest BCUT2D eigenvalue weighted by molar-refractivity contribution is 0.238. The molecular formula is C11H18N2O2S. The number of urea groups is 1. The van der Waals surface area contributed by atoms with E-state index in [1.165, 1.54) is 0 Å². The van der Waals surface area contributed by atoms with Gasteiger partial charge >= 0.3 is 6.03 Å². The van der Waals surface area contributed by atoms with E-state index in [0.29, 0.717) is 6.54 Å². The van der Waals surface area contributed by atoms with Crippen LogP contribution in [0.3, 0.4) is 0 Å². The van der Waals surface area contributed by atoms with Gasteiger partial charge in [0.2, 0.25) is 0 Å². The summed E-state index contributed by atoms with van der Waals surface area (Å²) in [7, 11) is 0. The van der Waals surface area contributed by atoms with Gasteiger partial charge in [-0.2, -0.15) is 11.8 Å². The molecule has 1 atom stereocenters. The maximum atomic E-state index is 11.5. The van der Waals surface area contributed by atoms with Crippen LogP contribution < -0.4 is 10.6 Å². The van der Waals surface area contributed by atoms with Gasteiger partial charge < -0.3 is 15.1 Å². The molecule has 0 saturated heterocycles. The summed E-state index contributed by atoms with van der Waals surface area (Å²) in [5, 5.41) is 5.66. The Bertz CT molecular complexity index is 301. The van der Waals surface area contributed by atoms with Crippen molar-refractivity contribution in [3.8, 4) is 0 Å². The average molecular weight is 242 g/mol. The van der Waals surface area contributed by atoms with Crippen LogP contribution in [0.15, 0.2) is 23.0 Å². The SMILES string of the molecule is CSCCCNC(=O)N[C@H](C)c1ccoc1. The Labute approximate surface area is 100 Å². The number of hydrogen-bond donors (Lipinski definition) is 2. The Hall–Kier alpha value is -1.10. The van der Waals surface area contributed by atoms with Crippen LogP contribution in [0.5, 0.6) is 0 Å². The number of thioether (sulfide) groups is 1. The minimum Gasteiger partial charge on any atom is -0.472 e. The van der Waals surface area contributed by atoms with Crippen molar-refractivity contribution in [3.05, 3.63) is 24.2 Å². The molecule has 1 aromatic rings. The van der Waals surface area contributed by atoms with Gasteiger partial charge in [-0.1, -0.05) is 0 Å². The summed E-state index contributed by atoms with van der Waals surface area (Å²) in [6, 6.07) is 1.69. The van der Waals surface area contributed by atoms with Crippen molar-refractivity contribution >= 4 is 17.8 Å². The minimum atomic E-state index is -0.130. The Morgan fingerprint density at radius 1 is 1.62 bits per heavy atom. The van der Waals surface area contributed by atoms with Gasteiger partial charge in [-0.25, -0.2) is 4.79 Å². The zero-order valence-electron chi connectivity index (χ0n) is 9.66. The lowest BCUT2D eigenvalue weighted by Gasteiger charge is -2.12. The lowest BCUT2D eigenvalue weighted by atomic mass is 10.2. The van der Waals surface area contributed by atoms with E-state index in [0.717, 1.165) is 17.7 Å². The average Bonchev–Trinajstić information content (AvgIpc) is 2.77. The van der Waals surface area contributed by atoms with Crippen LogP contribution in [0, 0.1) is 0 Å². The number of carbonyl (C=O) groups excluding carboxylic acids is 1. The molecule has 0 radical (unpaired) electrons. The molecule has 0 aliphatic rings. The van der Waals surface area contributed by atoms with Crippen molar-refractivity contribution in [3.63, 3.8) is 0 Å². The van der Waals surface area contributed by atoms with Crippen LogP contribution >= 0.6 is 11.8 Å². The van der Waals surface area contributed by atoms with E-state index < -0.39 is 0 Å². The second-order valence-corrected chi connectivity index (χ2v) is 4.51. The third kappa shape index (κ3) is 4.61. The first-order valence-electron chi connectivity index (χ1n) is 5.29. The van der Waals surface area contributed by atoms with Gasteiger partial charge in [-0.3, -0.25) is 0 Å². The van der Waals surface area contributed by atoms with Gasteiger partial charge in [0.05, 0.1) is 18.6 Å². The molecule has 0 aromatic carbocycles. The topological polar surface area (TPSA) is 54.3 Å². The maximum absolute atomic E-state index is 11.5. The number of nitrogens with one attached hydrogen (secondary N) is 2. The van der Waals surface area contributed by atoms with Gasteiger partial charge in [0.1, 0.15) is 0 Å². The quantitative estimate of drug-likeness (QED) is 0.753. The first kappa shape index (κ1) is 13.0. The van der Waals surface area contributed by atoms with E-state index in [2.05, 4.69) is 16.9 Å². The molecule has 1 aromatic heterocycles. The predicted octanol–water partition coefficient (Wildman–Crippen LogP) is 2.39. The van der Waals surface area contributed by atoms with Crippen molar-refractivity contribution in [1.82, 2.24) is 10.6 Å². The molecule has 0 fully saturated rings. The van der Waals surface area contributed by atoms with Gasteiger partial charge in [0.15, 0.2) is 0 Å². The zero-order valence-corrected chi connectivity index (χ0v) is 10.5. The van der Waals surface area contributed by atoms with Crippen molar-refractivity contribution in [2.75, 3.05) is 18.6 Å². The van der Waals surface area contributed by atoms with Crippen molar-refractivity contribution < 1.29 is 9.21 Å². The van der Waals surface area contributed by atoms with Crippen LogP contribution in [0.4, 0.5) is 4.79 Å². The van der Waals surface area contributed by atoms with E-state index >= 15 is 0 Å². The van der Waals surface area contributed by atoms with Gasteiger partial charge in [-0.05, 0) is 31.4 Å². The molecule has 0 aliphatic carbocycles. The highest BCUT2D eigenvalue weighted by Gasteiger charge is 2.09. The van der Waals surface area contributed by atoms with Crippen molar-refractivity contribution in [1.29, 1.82) is 0 Å². The van der Waals surface area contributed by atoms with Gasteiger partial charge in [0.25, 0.3) is 0 Å². The first-order valence-corrected chi connectivity index (χ1v) is 6.69. The summed E-state index contributed by atoms with van der Waals surface area (Å²) in [5.74, 6) is 1.07. The van der Waals surface area contributed by atoms with E-state index in [1.54, 1.807) is 24.3 Å². The van der Waals surface area contributed by atoms with Crippen molar-refractivity contribution in [2.45, 2.75) is 19.4 Å². The predicted molar refractivity (Wildman–Crippen MR) is 66.7 cm³/mol. The molecule has 0 unspecified atom stereocenters. The number of amides is 2. The lowest BCUT2D eigenvalue weighted by Crippen LogP contribution is -2.37. The number of carbonyl (C=O) groups is 1. The molecular weight excluding hydrogens is 224 g/mol. The number of rotatable bonds is 6. The first-order chi connectivity index (χ1) is 7.74. The second-order valence-electron chi connectivity index (χ2n) is 3.52. The highest BCUT2D eigenvalue weighted by Crippen LogP contribution is 2.11. The molecule has 0 saturated carbocycles. The molecule has 0 bridgehead atoms. The smallest absolute Gasteiger partial charge is 0.315 e. The Morgan fingerprint density at radius 3 is 3.06 bits per heavy atom. The van der Waals surface area contributed by atoms with Crippen LogP contribution in [0.2, 0.25) is 0 Å². The standard InChI is InChI=1S/C11H18N2O2S/c1-9(10-4-6-15-8-10)13-11(14)12-5-3-7-16-2/h4,6,8-9H,3,5,7H2,1-2H3,(H2,12,13,14)/t9-/m1/s1. The van der Waals surface area contributed by atoms with Crippen LogP contribution in [-0.4, -0.2) is 24.6 Å². The van der Waals surface area contributed by atoms with Crippen molar-refractivity contribution in [2.24, 2.45) is 0 Å². The second kappa shape index (κ2) is 7.22. The van der Waals surface area contributed by atoms with E-state index in [9.17, 15) is 4.79 Å².